The van der Waals surface area contributed by atoms with Crippen molar-refractivity contribution in [2.45, 2.75) is 37.8 Å². The number of hydrogen-bond acceptors (Lipinski definition) is 4. The van der Waals surface area contributed by atoms with Gasteiger partial charge in [-0.05, 0) is 30.5 Å². The van der Waals surface area contributed by atoms with Gasteiger partial charge in [-0.15, -0.1) is 0 Å². The fourth-order valence-electron chi connectivity index (χ4n) is 3.48. The minimum atomic E-state index is -0.0517. The Balaban J connectivity index is 1.65. The van der Waals surface area contributed by atoms with E-state index in [1.807, 2.05) is 17.0 Å². The van der Waals surface area contributed by atoms with Crippen LogP contribution in [-0.4, -0.2) is 57.1 Å². The van der Waals surface area contributed by atoms with Gasteiger partial charge in [0.1, 0.15) is 5.75 Å². The Morgan fingerprint density at radius 1 is 1.24 bits per heavy atom. The average Bonchev–Trinajstić information content (AvgIpc) is 2.93. The van der Waals surface area contributed by atoms with Gasteiger partial charge in [0.15, 0.2) is 0 Å². The lowest BCUT2D eigenvalue weighted by Crippen LogP contribution is -2.46. The number of hydrogen-bond donors (Lipinski definition) is 1. The van der Waals surface area contributed by atoms with Gasteiger partial charge in [-0.1, -0.05) is 25.0 Å². The Labute approximate surface area is 149 Å². The maximum atomic E-state index is 12.8. The molecule has 0 saturated carbocycles. The zero-order valence-corrected chi connectivity index (χ0v) is 14.9. The van der Waals surface area contributed by atoms with E-state index < -0.39 is 0 Å². The number of ether oxygens (including phenoxy) is 3. The lowest BCUT2D eigenvalue weighted by Gasteiger charge is -2.31. The maximum absolute atomic E-state index is 12.8. The Bertz CT molecular complexity index is 543. The molecule has 1 aromatic carbocycles. The van der Waals surface area contributed by atoms with E-state index in [1.54, 1.807) is 7.11 Å². The van der Waals surface area contributed by atoms with Crippen LogP contribution in [0, 0.1) is 0 Å². The largest absolute Gasteiger partial charge is 0.497 e. The van der Waals surface area contributed by atoms with Gasteiger partial charge < -0.3 is 24.4 Å². The molecule has 2 fully saturated rings. The molecule has 1 aromatic rings. The van der Waals surface area contributed by atoms with E-state index in [0.717, 1.165) is 43.5 Å². The van der Waals surface area contributed by atoms with E-state index in [0.29, 0.717) is 26.4 Å². The van der Waals surface area contributed by atoms with Crippen LogP contribution in [-0.2, 0) is 9.47 Å². The molecule has 2 atom stereocenters. The summed E-state index contributed by atoms with van der Waals surface area (Å²) in [6.45, 7) is 3.05. The number of urea groups is 1. The predicted molar refractivity (Wildman–Crippen MR) is 94.9 cm³/mol. The number of nitrogens with one attached hydrogen (secondary N) is 1. The van der Waals surface area contributed by atoms with Crippen LogP contribution >= 0.6 is 0 Å². The summed E-state index contributed by atoms with van der Waals surface area (Å²) >= 11 is 0. The van der Waals surface area contributed by atoms with Crippen LogP contribution in [0.2, 0.25) is 0 Å². The monoisotopic (exact) mass is 348 g/mol. The Morgan fingerprint density at radius 3 is 2.80 bits per heavy atom. The Kier molecular flexibility index (Phi) is 6.53. The summed E-state index contributed by atoms with van der Waals surface area (Å²) in [5.74, 6) is 0.836. The first-order valence-electron chi connectivity index (χ1n) is 9.15. The molecule has 0 unspecified atom stereocenters. The first-order valence-corrected chi connectivity index (χ1v) is 9.15. The molecule has 25 heavy (non-hydrogen) atoms. The van der Waals surface area contributed by atoms with E-state index in [2.05, 4.69) is 17.4 Å². The van der Waals surface area contributed by atoms with Crippen molar-refractivity contribution in [2.75, 3.05) is 40.0 Å². The van der Waals surface area contributed by atoms with Crippen LogP contribution in [0.15, 0.2) is 24.3 Å². The summed E-state index contributed by atoms with van der Waals surface area (Å²) in [5, 5.41) is 3.03. The summed E-state index contributed by atoms with van der Waals surface area (Å²) < 4.78 is 16.2. The molecule has 0 aromatic heterocycles. The van der Waals surface area contributed by atoms with Crippen LogP contribution in [0.25, 0.3) is 0 Å². The molecule has 2 saturated heterocycles. The number of likely N-dealkylation sites (tertiary alicyclic amines) is 1. The summed E-state index contributed by atoms with van der Waals surface area (Å²) in [5.41, 5.74) is 1.16. The number of nitrogens with zero attached hydrogens (tertiary/aromatic N) is 1. The highest BCUT2D eigenvalue weighted by Crippen LogP contribution is 2.31. The highest BCUT2D eigenvalue weighted by molar-refractivity contribution is 5.74. The molecule has 6 heteroatoms. The number of carbonyl (C=O) groups excluding carboxylic acids is 1. The van der Waals surface area contributed by atoms with Gasteiger partial charge in [0.25, 0.3) is 0 Å². The normalized spacial score (nSPS) is 24.4. The van der Waals surface area contributed by atoms with E-state index in [9.17, 15) is 4.79 Å². The van der Waals surface area contributed by atoms with E-state index >= 15 is 0 Å². The van der Waals surface area contributed by atoms with Crippen molar-refractivity contribution in [1.29, 1.82) is 0 Å². The molecule has 0 spiro atoms. The van der Waals surface area contributed by atoms with E-state index in [-0.39, 0.29) is 18.2 Å². The third-order valence-electron chi connectivity index (χ3n) is 4.88. The SMILES string of the molecule is COc1ccc([C@@H]2CCCCCN2C(=O)NC[C@H]2COCCO2)cc1. The molecule has 2 aliphatic heterocycles. The molecule has 3 rings (SSSR count). The Morgan fingerprint density at radius 2 is 2.08 bits per heavy atom. The molecule has 2 heterocycles. The van der Waals surface area contributed by atoms with Gasteiger partial charge >= 0.3 is 6.03 Å². The molecule has 1 N–H and O–H groups in total. The highest BCUT2D eigenvalue weighted by atomic mass is 16.6. The predicted octanol–water partition coefficient (Wildman–Crippen LogP) is 2.74. The standard InChI is InChI=1S/C19H28N2O4/c1-23-16-8-6-15(7-9-16)18-5-3-2-4-10-21(18)19(22)20-13-17-14-24-11-12-25-17/h6-9,17-18H,2-5,10-14H2,1H3,(H,20,22)/t17-,18-/m0/s1. The maximum Gasteiger partial charge on any atom is 0.318 e. The first-order chi connectivity index (χ1) is 12.3. The van der Waals surface area contributed by atoms with Gasteiger partial charge in [-0.2, -0.15) is 0 Å². The smallest absolute Gasteiger partial charge is 0.318 e. The second kappa shape index (κ2) is 9.06. The van der Waals surface area contributed by atoms with Crippen molar-refractivity contribution in [2.24, 2.45) is 0 Å². The quantitative estimate of drug-likeness (QED) is 0.909. The lowest BCUT2D eigenvalue weighted by atomic mass is 10.0. The van der Waals surface area contributed by atoms with Crippen molar-refractivity contribution >= 4 is 6.03 Å². The summed E-state index contributed by atoms with van der Waals surface area (Å²) in [7, 11) is 1.66. The number of methoxy groups -OCH3 is 1. The second-order valence-electron chi connectivity index (χ2n) is 6.59. The third kappa shape index (κ3) is 4.86. The lowest BCUT2D eigenvalue weighted by molar-refractivity contribution is -0.0856. The van der Waals surface area contributed by atoms with Gasteiger partial charge in [0, 0.05) is 13.1 Å². The zero-order valence-electron chi connectivity index (χ0n) is 14.9. The topological polar surface area (TPSA) is 60.0 Å². The molecule has 2 aliphatic rings. The molecular weight excluding hydrogens is 320 g/mol. The van der Waals surface area contributed by atoms with Crippen molar-refractivity contribution < 1.29 is 19.0 Å². The van der Waals surface area contributed by atoms with Gasteiger partial charge in [-0.25, -0.2) is 4.79 Å². The van der Waals surface area contributed by atoms with E-state index in [1.165, 1.54) is 0 Å². The highest BCUT2D eigenvalue weighted by Gasteiger charge is 2.27. The molecule has 6 nitrogen and oxygen atoms in total. The van der Waals surface area contributed by atoms with Crippen LogP contribution in [0.4, 0.5) is 4.79 Å². The van der Waals surface area contributed by atoms with Crippen LogP contribution in [0.3, 0.4) is 0 Å². The van der Waals surface area contributed by atoms with Crippen molar-refractivity contribution in [1.82, 2.24) is 10.2 Å². The van der Waals surface area contributed by atoms with Gasteiger partial charge in [-0.3, -0.25) is 0 Å². The number of benzene rings is 1. The van der Waals surface area contributed by atoms with E-state index in [4.69, 9.17) is 14.2 Å². The summed E-state index contributed by atoms with van der Waals surface area (Å²) in [6, 6.07) is 8.14. The van der Waals surface area contributed by atoms with Crippen molar-refractivity contribution in [3.8, 4) is 5.75 Å². The third-order valence-corrected chi connectivity index (χ3v) is 4.88. The number of rotatable bonds is 4. The minimum Gasteiger partial charge on any atom is -0.497 e. The van der Waals surface area contributed by atoms with Crippen molar-refractivity contribution in [3.63, 3.8) is 0 Å². The molecule has 0 radical (unpaired) electrons. The summed E-state index contributed by atoms with van der Waals surface area (Å²) in [4.78, 5) is 14.8. The second-order valence-corrected chi connectivity index (χ2v) is 6.59. The van der Waals surface area contributed by atoms with Crippen LogP contribution < -0.4 is 10.1 Å². The zero-order chi connectivity index (χ0) is 17.5. The van der Waals surface area contributed by atoms with Crippen molar-refractivity contribution in [3.05, 3.63) is 29.8 Å². The molecular formula is C19H28N2O4. The number of carbonyl (C=O) groups is 1. The van der Waals surface area contributed by atoms with Gasteiger partial charge in [0.2, 0.25) is 0 Å². The first kappa shape index (κ1) is 18.0. The fraction of sp³-hybridized carbons (Fsp3) is 0.632. The van der Waals surface area contributed by atoms with Crippen LogP contribution in [0.5, 0.6) is 5.75 Å². The van der Waals surface area contributed by atoms with Crippen LogP contribution in [0.1, 0.15) is 37.3 Å². The van der Waals surface area contributed by atoms with Gasteiger partial charge in [0.05, 0.1) is 39.1 Å². The average molecular weight is 348 g/mol. The molecule has 138 valence electrons. The molecule has 0 aliphatic carbocycles. The minimum absolute atomic E-state index is 0.0168. The Hall–Kier alpha value is -1.79. The number of amides is 2. The summed E-state index contributed by atoms with van der Waals surface area (Å²) in [6.07, 6.45) is 4.28. The fourth-order valence-corrected chi connectivity index (χ4v) is 3.48. The molecule has 0 bridgehead atoms. The molecule has 2 amide bonds.